The molecule has 6 heteroatoms. The Morgan fingerprint density at radius 1 is 1.33 bits per heavy atom. The summed E-state index contributed by atoms with van der Waals surface area (Å²) in [6.07, 6.45) is 0. The molecule has 0 aliphatic carbocycles. The maximum atomic E-state index is 12.2. The lowest BCUT2D eigenvalue weighted by atomic mass is 9.98. The summed E-state index contributed by atoms with van der Waals surface area (Å²) in [6, 6.07) is 4.89. The number of methoxy groups -OCH3 is 1. The van der Waals surface area contributed by atoms with Crippen LogP contribution in [0.15, 0.2) is 27.6 Å². The summed E-state index contributed by atoms with van der Waals surface area (Å²) < 4.78 is 32.8. The van der Waals surface area contributed by atoms with Crippen molar-refractivity contribution in [3.8, 4) is 5.75 Å². The number of benzene rings is 1. The van der Waals surface area contributed by atoms with Gasteiger partial charge in [0.1, 0.15) is 10.6 Å². The number of ether oxygens (including phenoxy) is 1. The topological polar surface area (TPSA) is 55.4 Å². The summed E-state index contributed by atoms with van der Waals surface area (Å²) in [4.78, 5) is 0.142. The lowest BCUT2D eigenvalue weighted by Gasteiger charge is -2.19. The second kappa shape index (κ2) is 5.59. The molecule has 0 aliphatic rings. The van der Waals surface area contributed by atoms with Crippen molar-refractivity contribution < 1.29 is 13.2 Å². The fourth-order valence-corrected chi connectivity index (χ4v) is 3.24. The Kier molecular flexibility index (Phi) is 4.80. The van der Waals surface area contributed by atoms with Gasteiger partial charge in [0.25, 0.3) is 0 Å². The predicted molar refractivity (Wildman–Crippen MR) is 75.3 cm³/mol. The molecule has 0 saturated carbocycles. The molecule has 1 aromatic rings. The van der Waals surface area contributed by atoms with Gasteiger partial charge < -0.3 is 4.74 Å². The van der Waals surface area contributed by atoms with E-state index in [1.165, 1.54) is 13.2 Å². The van der Waals surface area contributed by atoms with Crippen molar-refractivity contribution >= 4 is 26.0 Å². The third-order valence-corrected chi connectivity index (χ3v) is 4.12. The van der Waals surface area contributed by atoms with Gasteiger partial charge in [-0.15, -0.1) is 0 Å². The third kappa shape index (κ3) is 4.26. The van der Waals surface area contributed by atoms with E-state index in [9.17, 15) is 8.42 Å². The van der Waals surface area contributed by atoms with Crippen LogP contribution in [-0.2, 0) is 10.0 Å². The molecule has 0 unspecified atom stereocenters. The molecule has 1 rings (SSSR count). The number of rotatable bonds is 4. The van der Waals surface area contributed by atoms with Crippen molar-refractivity contribution in [1.82, 2.24) is 4.72 Å². The number of hydrogen-bond donors (Lipinski definition) is 1. The van der Waals surface area contributed by atoms with E-state index < -0.39 is 10.0 Å². The highest BCUT2D eigenvalue weighted by Gasteiger charge is 2.22. The molecule has 0 heterocycles. The first-order valence-corrected chi connectivity index (χ1v) is 7.76. The van der Waals surface area contributed by atoms with Gasteiger partial charge in [0.2, 0.25) is 10.0 Å². The van der Waals surface area contributed by atoms with E-state index in [4.69, 9.17) is 4.74 Å². The van der Waals surface area contributed by atoms with Crippen molar-refractivity contribution in [3.05, 3.63) is 22.7 Å². The predicted octanol–water partition coefficient (Wildman–Crippen LogP) is 2.78. The first-order valence-electron chi connectivity index (χ1n) is 5.49. The maximum absolute atomic E-state index is 12.2. The number of hydrogen-bond acceptors (Lipinski definition) is 3. The molecule has 0 amide bonds. The standard InChI is InChI=1S/C12H18BrNO3S/c1-12(2,3)8-14-18(15,16)11-7-9(13)5-6-10(11)17-4/h5-7,14H,8H2,1-4H3. The number of sulfonamides is 1. The van der Waals surface area contributed by atoms with Gasteiger partial charge in [-0.25, -0.2) is 13.1 Å². The summed E-state index contributed by atoms with van der Waals surface area (Å²) >= 11 is 3.26. The van der Waals surface area contributed by atoms with Crippen LogP contribution in [0.2, 0.25) is 0 Å². The molecule has 102 valence electrons. The lowest BCUT2D eigenvalue weighted by molar-refractivity contribution is 0.396. The van der Waals surface area contributed by atoms with E-state index in [1.807, 2.05) is 20.8 Å². The minimum absolute atomic E-state index is 0.119. The number of halogens is 1. The van der Waals surface area contributed by atoms with Crippen molar-refractivity contribution in [2.75, 3.05) is 13.7 Å². The largest absolute Gasteiger partial charge is 0.495 e. The highest BCUT2D eigenvalue weighted by atomic mass is 79.9. The van der Waals surface area contributed by atoms with E-state index in [-0.39, 0.29) is 10.3 Å². The second-order valence-corrected chi connectivity index (χ2v) is 7.83. The van der Waals surface area contributed by atoms with Crippen LogP contribution in [0, 0.1) is 5.41 Å². The molecule has 0 fully saturated rings. The Hall–Kier alpha value is -0.590. The molecule has 4 nitrogen and oxygen atoms in total. The maximum Gasteiger partial charge on any atom is 0.244 e. The van der Waals surface area contributed by atoms with Crippen LogP contribution >= 0.6 is 15.9 Å². The quantitative estimate of drug-likeness (QED) is 0.920. The molecular weight excluding hydrogens is 318 g/mol. The first-order chi connectivity index (χ1) is 8.15. The Labute approximate surface area is 117 Å². The van der Waals surface area contributed by atoms with Crippen LogP contribution in [0.5, 0.6) is 5.75 Å². The Balaban J connectivity index is 3.08. The molecule has 0 aliphatic heterocycles. The van der Waals surface area contributed by atoms with Gasteiger partial charge in [-0.2, -0.15) is 0 Å². The van der Waals surface area contributed by atoms with E-state index in [0.717, 1.165) is 0 Å². The van der Waals surface area contributed by atoms with Gasteiger partial charge in [0.05, 0.1) is 7.11 Å². The molecule has 18 heavy (non-hydrogen) atoms. The molecule has 0 spiro atoms. The molecule has 0 bridgehead atoms. The van der Waals surface area contributed by atoms with Gasteiger partial charge in [-0.05, 0) is 23.6 Å². The van der Waals surface area contributed by atoms with Gasteiger partial charge in [-0.1, -0.05) is 36.7 Å². The average Bonchev–Trinajstić information content (AvgIpc) is 2.26. The molecule has 0 radical (unpaired) electrons. The average molecular weight is 336 g/mol. The van der Waals surface area contributed by atoms with Crippen LogP contribution < -0.4 is 9.46 Å². The Bertz CT molecular complexity index is 521. The first kappa shape index (κ1) is 15.5. The fraction of sp³-hybridized carbons (Fsp3) is 0.500. The van der Waals surface area contributed by atoms with Crippen molar-refractivity contribution in [2.24, 2.45) is 5.41 Å². The van der Waals surface area contributed by atoms with Crippen LogP contribution in [0.25, 0.3) is 0 Å². The highest BCUT2D eigenvalue weighted by molar-refractivity contribution is 9.10. The zero-order valence-electron chi connectivity index (χ0n) is 11.0. The smallest absolute Gasteiger partial charge is 0.244 e. The lowest BCUT2D eigenvalue weighted by Crippen LogP contribution is -2.32. The molecule has 0 atom stereocenters. The zero-order chi connectivity index (χ0) is 14.0. The summed E-state index contributed by atoms with van der Waals surface area (Å²) in [5.74, 6) is 0.333. The molecule has 1 N–H and O–H groups in total. The fourth-order valence-electron chi connectivity index (χ4n) is 1.25. The summed E-state index contributed by atoms with van der Waals surface area (Å²) in [7, 11) is -2.11. The summed E-state index contributed by atoms with van der Waals surface area (Å²) in [6.45, 7) is 6.26. The van der Waals surface area contributed by atoms with Crippen LogP contribution in [0.1, 0.15) is 20.8 Å². The SMILES string of the molecule is COc1ccc(Br)cc1S(=O)(=O)NCC(C)(C)C. The Morgan fingerprint density at radius 3 is 2.44 bits per heavy atom. The van der Waals surface area contributed by atoms with E-state index >= 15 is 0 Å². The summed E-state index contributed by atoms with van der Waals surface area (Å²) in [5.41, 5.74) is -0.119. The zero-order valence-corrected chi connectivity index (χ0v) is 13.4. The molecular formula is C12H18BrNO3S. The van der Waals surface area contributed by atoms with Crippen molar-refractivity contribution in [3.63, 3.8) is 0 Å². The highest BCUT2D eigenvalue weighted by Crippen LogP contribution is 2.27. The minimum Gasteiger partial charge on any atom is -0.495 e. The van der Waals surface area contributed by atoms with Gasteiger partial charge >= 0.3 is 0 Å². The number of nitrogens with one attached hydrogen (secondary N) is 1. The van der Waals surface area contributed by atoms with Gasteiger partial charge in [0, 0.05) is 11.0 Å². The normalized spacial score (nSPS) is 12.5. The molecule has 1 aromatic carbocycles. The Morgan fingerprint density at radius 2 is 1.94 bits per heavy atom. The van der Waals surface area contributed by atoms with E-state index in [2.05, 4.69) is 20.7 Å². The monoisotopic (exact) mass is 335 g/mol. The van der Waals surface area contributed by atoms with E-state index in [1.54, 1.807) is 12.1 Å². The van der Waals surface area contributed by atoms with Gasteiger partial charge in [0.15, 0.2) is 0 Å². The third-order valence-electron chi connectivity index (χ3n) is 2.21. The molecule has 0 aromatic heterocycles. The van der Waals surface area contributed by atoms with Crippen LogP contribution in [-0.4, -0.2) is 22.1 Å². The minimum atomic E-state index is -3.56. The van der Waals surface area contributed by atoms with Crippen molar-refractivity contribution in [2.45, 2.75) is 25.7 Å². The van der Waals surface area contributed by atoms with Gasteiger partial charge in [-0.3, -0.25) is 0 Å². The summed E-state index contributed by atoms with van der Waals surface area (Å²) in [5, 5.41) is 0. The molecule has 0 saturated heterocycles. The van der Waals surface area contributed by atoms with E-state index in [0.29, 0.717) is 16.8 Å². The van der Waals surface area contributed by atoms with Crippen LogP contribution in [0.4, 0.5) is 0 Å². The second-order valence-electron chi connectivity index (χ2n) is 5.18. The van der Waals surface area contributed by atoms with Crippen molar-refractivity contribution in [1.29, 1.82) is 0 Å². The van der Waals surface area contributed by atoms with Crippen LogP contribution in [0.3, 0.4) is 0 Å².